The van der Waals surface area contributed by atoms with E-state index in [9.17, 15) is 14.9 Å². The third-order valence-electron chi connectivity index (χ3n) is 2.83. The van der Waals surface area contributed by atoms with E-state index in [2.05, 4.69) is 15.6 Å². The Balaban J connectivity index is 2.26. The molecular weight excluding hydrogens is 272 g/mol. The SMILES string of the molecule is CNC(=O)c1ccc([N+](=O)[O-])c(NCc2ccccc2)n1. The van der Waals surface area contributed by atoms with E-state index in [1.165, 1.54) is 19.2 Å². The van der Waals surface area contributed by atoms with Gasteiger partial charge in [0, 0.05) is 19.7 Å². The number of anilines is 1. The molecule has 21 heavy (non-hydrogen) atoms. The summed E-state index contributed by atoms with van der Waals surface area (Å²) < 4.78 is 0. The van der Waals surface area contributed by atoms with Crippen LogP contribution in [0.3, 0.4) is 0 Å². The van der Waals surface area contributed by atoms with Crippen molar-refractivity contribution in [1.82, 2.24) is 10.3 Å². The van der Waals surface area contributed by atoms with E-state index in [0.717, 1.165) is 5.56 Å². The standard InChI is InChI=1S/C14H14N4O3/c1-15-14(19)11-7-8-12(18(20)21)13(17-11)16-9-10-5-3-2-4-6-10/h2-8H,9H2,1H3,(H,15,19)(H,16,17). The molecule has 0 saturated heterocycles. The maximum atomic E-state index is 11.5. The summed E-state index contributed by atoms with van der Waals surface area (Å²) in [6, 6.07) is 12.0. The molecule has 1 heterocycles. The molecule has 0 aliphatic rings. The van der Waals surface area contributed by atoms with Crippen LogP contribution in [-0.2, 0) is 6.54 Å². The molecule has 0 fully saturated rings. The summed E-state index contributed by atoms with van der Waals surface area (Å²) in [6.07, 6.45) is 0. The average molecular weight is 286 g/mol. The first kappa shape index (κ1) is 14.4. The number of nitrogens with one attached hydrogen (secondary N) is 2. The fourth-order valence-electron chi connectivity index (χ4n) is 1.77. The fraction of sp³-hybridized carbons (Fsp3) is 0.143. The van der Waals surface area contributed by atoms with Gasteiger partial charge in [0.25, 0.3) is 5.91 Å². The number of carbonyl (C=O) groups excluding carboxylic acids is 1. The van der Waals surface area contributed by atoms with E-state index < -0.39 is 10.8 Å². The normalized spacial score (nSPS) is 9.95. The summed E-state index contributed by atoms with van der Waals surface area (Å²) in [4.78, 5) is 26.0. The molecule has 2 rings (SSSR count). The molecule has 0 unspecified atom stereocenters. The number of hydrogen-bond donors (Lipinski definition) is 2. The second kappa shape index (κ2) is 6.47. The van der Waals surface area contributed by atoms with E-state index in [0.29, 0.717) is 6.54 Å². The van der Waals surface area contributed by atoms with Crippen molar-refractivity contribution in [2.75, 3.05) is 12.4 Å². The zero-order chi connectivity index (χ0) is 15.2. The summed E-state index contributed by atoms with van der Waals surface area (Å²) in [5, 5.41) is 16.3. The van der Waals surface area contributed by atoms with E-state index in [4.69, 9.17) is 0 Å². The summed E-state index contributed by atoms with van der Waals surface area (Å²) in [6.45, 7) is 0.381. The van der Waals surface area contributed by atoms with Gasteiger partial charge < -0.3 is 10.6 Å². The molecule has 7 heteroatoms. The van der Waals surface area contributed by atoms with Gasteiger partial charge in [0.2, 0.25) is 5.82 Å². The molecule has 1 aromatic heterocycles. The molecule has 0 saturated carbocycles. The highest BCUT2D eigenvalue weighted by atomic mass is 16.6. The number of nitrogens with zero attached hydrogens (tertiary/aromatic N) is 2. The van der Waals surface area contributed by atoms with Gasteiger partial charge in [-0.05, 0) is 11.6 Å². The molecule has 0 atom stereocenters. The lowest BCUT2D eigenvalue weighted by Crippen LogP contribution is -2.20. The number of hydrogen-bond acceptors (Lipinski definition) is 5. The average Bonchev–Trinajstić information content (AvgIpc) is 2.52. The predicted octanol–water partition coefficient (Wildman–Crippen LogP) is 1.96. The highest BCUT2D eigenvalue weighted by molar-refractivity contribution is 5.92. The van der Waals surface area contributed by atoms with Crippen LogP contribution < -0.4 is 10.6 Å². The Bertz CT molecular complexity index is 659. The summed E-state index contributed by atoms with van der Waals surface area (Å²) in [5.41, 5.74) is 0.913. The minimum absolute atomic E-state index is 0.0740. The van der Waals surface area contributed by atoms with E-state index >= 15 is 0 Å². The second-order valence-electron chi connectivity index (χ2n) is 4.24. The summed E-state index contributed by atoms with van der Waals surface area (Å²) >= 11 is 0. The van der Waals surface area contributed by atoms with Crippen LogP contribution in [0, 0.1) is 10.1 Å². The maximum absolute atomic E-state index is 11.5. The molecule has 0 aliphatic carbocycles. The zero-order valence-electron chi connectivity index (χ0n) is 11.4. The molecule has 7 nitrogen and oxygen atoms in total. The lowest BCUT2D eigenvalue weighted by atomic mass is 10.2. The molecule has 0 radical (unpaired) electrons. The lowest BCUT2D eigenvalue weighted by Gasteiger charge is -2.08. The molecule has 0 spiro atoms. The van der Waals surface area contributed by atoms with Crippen molar-refractivity contribution in [2.45, 2.75) is 6.54 Å². The van der Waals surface area contributed by atoms with Crippen LogP contribution in [0.1, 0.15) is 16.1 Å². The van der Waals surface area contributed by atoms with Gasteiger partial charge in [-0.15, -0.1) is 0 Å². The minimum Gasteiger partial charge on any atom is -0.360 e. The maximum Gasteiger partial charge on any atom is 0.311 e. The Morgan fingerprint density at radius 1 is 1.24 bits per heavy atom. The number of nitro groups is 1. The Morgan fingerprint density at radius 3 is 2.57 bits per heavy atom. The quantitative estimate of drug-likeness (QED) is 0.647. The van der Waals surface area contributed by atoms with Crippen molar-refractivity contribution in [3.8, 4) is 0 Å². The van der Waals surface area contributed by atoms with Crippen LogP contribution in [-0.4, -0.2) is 22.9 Å². The summed E-state index contributed by atoms with van der Waals surface area (Å²) in [5.74, 6) is -0.322. The first-order valence-electron chi connectivity index (χ1n) is 6.27. The Kier molecular flexibility index (Phi) is 4.45. The number of rotatable bonds is 5. The number of amides is 1. The van der Waals surface area contributed by atoms with Crippen molar-refractivity contribution in [2.24, 2.45) is 0 Å². The molecule has 108 valence electrons. The molecular formula is C14H14N4O3. The minimum atomic E-state index is -0.534. The number of carbonyl (C=O) groups is 1. The zero-order valence-corrected chi connectivity index (χ0v) is 11.4. The topological polar surface area (TPSA) is 97.2 Å². The third-order valence-corrected chi connectivity index (χ3v) is 2.83. The van der Waals surface area contributed by atoms with Crippen LogP contribution in [0.2, 0.25) is 0 Å². The molecule has 1 aromatic carbocycles. The van der Waals surface area contributed by atoms with Crippen LogP contribution in [0.25, 0.3) is 0 Å². The van der Waals surface area contributed by atoms with Crippen LogP contribution >= 0.6 is 0 Å². The van der Waals surface area contributed by atoms with Gasteiger partial charge in [-0.2, -0.15) is 0 Å². The molecule has 0 bridgehead atoms. The Labute approximate surface area is 121 Å². The Hall–Kier alpha value is -2.96. The summed E-state index contributed by atoms with van der Waals surface area (Å²) in [7, 11) is 1.47. The van der Waals surface area contributed by atoms with Crippen LogP contribution in [0.4, 0.5) is 11.5 Å². The number of aromatic nitrogens is 1. The first-order valence-corrected chi connectivity index (χ1v) is 6.27. The van der Waals surface area contributed by atoms with Crippen molar-refractivity contribution in [3.63, 3.8) is 0 Å². The molecule has 2 aromatic rings. The van der Waals surface area contributed by atoms with Crippen molar-refractivity contribution in [3.05, 3.63) is 63.8 Å². The van der Waals surface area contributed by atoms with Crippen molar-refractivity contribution in [1.29, 1.82) is 0 Å². The largest absolute Gasteiger partial charge is 0.360 e. The van der Waals surface area contributed by atoms with Gasteiger partial charge in [-0.1, -0.05) is 30.3 Å². The van der Waals surface area contributed by atoms with Gasteiger partial charge in [-0.25, -0.2) is 4.98 Å². The fourth-order valence-corrected chi connectivity index (χ4v) is 1.77. The van der Waals surface area contributed by atoms with Crippen LogP contribution in [0.5, 0.6) is 0 Å². The molecule has 1 amide bonds. The van der Waals surface area contributed by atoms with E-state index in [1.807, 2.05) is 30.3 Å². The lowest BCUT2D eigenvalue weighted by molar-refractivity contribution is -0.384. The monoisotopic (exact) mass is 286 g/mol. The van der Waals surface area contributed by atoms with Gasteiger partial charge in [0.15, 0.2) is 0 Å². The van der Waals surface area contributed by atoms with Gasteiger partial charge in [-0.3, -0.25) is 14.9 Å². The van der Waals surface area contributed by atoms with Gasteiger partial charge in [0.05, 0.1) is 4.92 Å². The highest BCUT2D eigenvalue weighted by Crippen LogP contribution is 2.22. The van der Waals surface area contributed by atoms with Crippen LogP contribution in [0.15, 0.2) is 42.5 Å². The smallest absolute Gasteiger partial charge is 0.311 e. The number of benzene rings is 1. The molecule has 2 N–H and O–H groups in total. The molecule has 0 aliphatic heterocycles. The second-order valence-corrected chi connectivity index (χ2v) is 4.24. The first-order chi connectivity index (χ1) is 10.1. The van der Waals surface area contributed by atoms with E-state index in [-0.39, 0.29) is 17.2 Å². The van der Waals surface area contributed by atoms with Crippen molar-refractivity contribution >= 4 is 17.4 Å². The van der Waals surface area contributed by atoms with Crippen molar-refractivity contribution < 1.29 is 9.72 Å². The highest BCUT2D eigenvalue weighted by Gasteiger charge is 2.18. The third kappa shape index (κ3) is 3.53. The van der Waals surface area contributed by atoms with Gasteiger partial charge in [0.1, 0.15) is 5.69 Å². The van der Waals surface area contributed by atoms with E-state index in [1.54, 1.807) is 0 Å². The van der Waals surface area contributed by atoms with Gasteiger partial charge >= 0.3 is 5.69 Å². The predicted molar refractivity (Wildman–Crippen MR) is 78.1 cm³/mol. The Morgan fingerprint density at radius 2 is 1.95 bits per heavy atom. The number of pyridine rings is 1.